The second kappa shape index (κ2) is 6.61. The summed E-state index contributed by atoms with van der Waals surface area (Å²) >= 11 is 0. The van der Waals surface area contributed by atoms with Crippen LogP contribution >= 0.6 is 0 Å². The molecule has 0 spiro atoms. The van der Waals surface area contributed by atoms with Crippen LogP contribution in [-0.4, -0.2) is 12.8 Å². The minimum absolute atomic E-state index is 0.625. The average molecular weight is 201 g/mol. The number of nitriles is 1. The van der Waals surface area contributed by atoms with E-state index < -0.39 is 0 Å². The van der Waals surface area contributed by atoms with Crippen LogP contribution in [0, 0.1) is 11.3 Å². The van der Waals surface area contributed by atoms with Crippen molar-refractivity contribution in [2.45, 2.75) is 19.8 Å². The van der Waals surface area contributed by atoms with Crippen molar-refractivity contribution in [2.24, 2.45) is 5.16 Å². The number of hydrogen-bond donors (Lipinski definition) is 0. The summed E-state index contributed by atoms with van der Waals surface area (Å²) in [6.07, 6.45) is 4.84. The summed E-state index contributed by atoms with van der Waals surface area (Å²) in [7, 11) is 0. The third-order valence-corrected chi connectivity index (χ3v) is 1.84. The van der Waals surface area contributed by atoms with Gasteiger partial charge in [0, 0.05) is 5.56 Å². The maximum atomic E-state index is 8.58. The van der Waals surface area contributed by atoms with Crippen LogP contribution in [0.2, 0.25) is 0 Å². The Kier molecular flexibility index (Phi) is 4.96. The van der Waals surface area contributed by atoms with E-state index in [-0.39, 0.29) is 0 Å². The third kappa shape index (κ3) is 4.28. The molecular weight excluding hydrogens is 188 g/mol. The smallest absolute Gasteiger partial charge is 0.139 e. The Morgan fingerprint density at radius 1 is 1.27 bits per heavy atom. The van der Waals surface area contributed by atoms with E-state index in [4.69, 9.17) is 10.1 Å². The van der Waals surface area contributed by atoms with Crippen LogP contribution in [0.1, 0.15) is 30.9 Å². The largest absolute Gasteiger partial charge is 0.395 e. The molecule has 0 saturated carbocycles. The summed E-state index contributed by atoms with van der Waals surface area (Å²) < 4.78 is 0. The number of unbranched alkanes of at least 4 members (excludes halogenated alkanes) is 1. The maximum Gasteiger partial charge on any atom is 0.139 e. The first-order valence-corrected chi connectivity index (χ1v) is 4.95. The molecule has 0 atom stereocenters. The molecule has 0 heterocycles. The lowest BCUT2D eigenvalue weighted by molar-refractivity contribution is 0.143. The van der Waals surface area contributed by atoms with E-state index in [1.54, 1.807) is 24.3 Å². The lowest BCUT2D eigenvalue weighted by Crippen LogP contribution is -1.88. The van der Waals surface area contributed by atoms with Crippen molar-refractivity contribution in [1.29, 1.82) is 5.26 Å². The molecule has 0 bridgehead atoms. The van der Waals surface area contributed by atoms with Crippen molar-refractivity contribution in [3.8, 4) is 6.07 Å². The Balaban J connectivity index is 2.40. The van der Waals surface area contributed by atoms with Gasteiger partial charge >= 0.3 is 0 Å². The highest BCUT2D eigenvalue weighted by Crippen LogP contribution is 2.00. The molecule has 1 aromatic rings. The fourth-order valence-electron chi connectivity index (χ4n) is 0.959. The lowest BCUT2D eigenvalue weighted by atomic mass is 10.2. The van der Waals surface area contributed by atoms with Crippen molar-refractivity contribution in [2.75, 3.05) is 6.61 Å². The molecule has 15 heavy (non-hydrogen) atoms. The van der Waals surface area contributed by atoms with Gasteiger partial charge in [0.05, 0.1) is 11.6 Å². The molecule has 3 nitrogen and oxygen atoms in total. The molecule has 1 aromatic carbocycles. The van der Waals surface area contributed by atoms with Crippen LogP contribution in [0.5, 0.6) is 0 Å². The highest BCUT2D eigenvalue weighted by Gasteiger charge is 1.90. The Bertz CT molecular complexity index is 349. The van der Waals surface area contributed by atoms with Crippen LogP contribution in [0.3, 0.4) is 0 Å². The van der Waals surface area contributed by atoms with Gasteiger partial charge in [-0.1, -0.05) is 30.6 Å². The second-order valence-corrected chi connectivity index (χ2v) is 3.08. The Hall–Kier alpha value is -1.82. The van der Waals surface area contributed by atoms with Gasteiger partial charge in [0.2, 0.25) is 0 Å². The molecule has 0 amide bonds. The summed E-state index contributed by atoms with van der Waals surface area (Å²) in [5.74, 6) is 0. The summed E-state index contributed by atoms with van der Waals surface area (Å²) in [6.45, 7) is 2.72. The van der Waals surface area contributed by atoms with E-state index in [9.17, 15) is 0 Å². The number of rotatable bonds is 5. The first kappa shape index (κ1) is 11.3. The summed E-state index contributed by atoms with van der Waals surface area (Å²) in [6, 6.07) is 9.07. The van der Waals surface area contributed by atoms with Gasteiger partial charge in [0.1, 0.15) is 12.8 Å². The number of nitrogens with zero attached hydrogens (tertiary/aromatic N) is 2. The normalized spacial score (nSPS) is 10.1. The topological polar surface area (TPSA) is 45.4 Å². The van der Waals surface area contributed by atoms with Crippen molar-refractivity contribution in [3.63, 3.8) is 0 Å². The molecule has 1 rings (SSSR count). The molecule has 77 valence electrons. The Morgan fingerprint density at radius 2 is 1.93 bits per heavy atom. The number of hydrogen-bond acceptors (Lipinski definition) is 3. The zero-order chi connectivity index (χ0) is 10.9. The SMILES string of the molecule is CCCCO/N=[C]\c1ccc(C#N)cc1. The second-order valence-electron chi connectivity index (χ2n) is 3.08. The van der Waals surface area contributed by atoms with Gasteiger partial charge in [-0.15, -0.1) is 0 Å². The highest BCUT2D eigenvalue weighted by atomic mass is 16.6. The molecular formula is C12H13N2O. The molecule has 0 aliphatic carbocycles. The number of benzene rings is 1. The van der Waals surface area contributed by atoms with Gasteiger partial charge in [0.15, 0.2) is 0 Å². The summed E-state index contributed by atoms with van der Waals surface area (Å²) in [5.41, 5.74) is 1.44. The van der Waals surface area contributed by atoms with Crippen molar-refractivity contribution >= 4 is 6.21 Å². The van der Waals surface area contributed by atoms with Gasteiger partial charge in [0.25, 0.3) is 0 Å². The minimum atomic E-state index is 0.625. The predicted molar refractivity (Wildman–Crippen MR) is 58.6 cm³/mol. The van der Waals surface area contributed by atoms with Gasteiger partial charge in [-0.3, -0.25) is 0 Å². The van der Waals surface area contributed by atoms with Crippen LogP contribution in [-0.2, 0) is 4.84 Å². The quantitative estimate of drug-likeness (QED) is 0.417. The van der Waals surface area contributed by atoms with Gasteiger partial charge < -0.3 is 4.84 Å². The van der Waals surface area contributed by atoms with Crippen molar-refractivity contribution < 1.29 is 4.84 Å². The standard InChI is InChI=1S/C12H13N2O/c1-2-3-8-15-14-10-12-6-4-11(9-13)5-7-12/h4-7H,2-3,8H2,1H3. The first-order valence-electron chi connectivity index (χ1n) is 4.95. The predicted octanol–water partition coefficient (Wildman–Crippen LogP) is 2.59. The highest BCUT2D eigenvalue weighted by molar-refractivity contribution is 5.79. The van der Waals surface area contributed by atoms with Crippen LogP contribution < -0.4 is 0 Å². The molecule has 0 aromatic heterocycles. The molecule has 0 aliphatic rings. The first-order chi connectivity index (χ1) is 7.36. The summed E-state index contributed by atoms with van der Waals surface area (Å²) in [4.78, 5) is 4.98. The fourth-order valence-corrected chi connectivity index (χ4v) is 0.959. The van der Waals surface area contributed by atoms with Gasteiger partial charge in [-0.05, 0) is 18.6 Å². The molecule has 1 radical (unpaired) electrons. The minimum Gasteiger partial charge on any atom is -0.395 e. The summed E-state index contributed by atoms with van der Waals surface area (Å²) in [5, 5.41) is 12.3. The van der Waals surface area contributed by atoms with E-state index in [2.05, 4.69) is 18.3 Å². The van der Waals surface area contributed by atoms with Crippen LogP contribution in [0.15, 0.2) is 29.4 Å². The lowest BCUT2D eigenvalue weighted by Gasteiger charge is -1.95. The van der Waals surface area contributed by atoms with E-state index in [1.807, 2.05) is 6.07 Å². The fraction of sp³-hybridized carbons (Fsp3) is 0.333. The van der Waals surface area contributed by atoms with E-state index in [0.29, 0.717) is 12.2 Å². The monoisotopic (exact) mass is 201 g/mol. The molecule has 0 N–H and O–H groups in total. The van der Waals surface area contributed by atoms with Gasteiger partial charge in [-0.25, -0.2) is 0 Å². The molecule has 0 fully saturated rings. The Labute approximate surface area is 90.0 Å². The Morgan fingerprint density at radius 3 is 2.53 bits per heavy atom. The maximum absolute atomic E-state index is 8.58. The van der Waals surface area contributed by atoms with Crippen LogP contribution in [0.25, 0.3) is 0 Å². The zero-order valence-corrected chi connectivity index (χ0v) is 8.73. The average Bonchev–Trinajstić information content (AvgIpc) is 2.30. The van der Waals surface area contributed by atoms with Crippen molar-refractivity contribution in [1.82, 2.24) is 0 Å². The molecule has 3 heteroatoms. The van der Waals surface area contributed by atoms with Gasteiger partial charge in [-0.2, -0.15) is 5.26 Å². The molecule has 0 aliphatic heterocycles. The molecule has 0 saturated heterocycles. The zero-order valence-electron chi connectivity index (χ0n) is 8.73. The van der Waals surface area contributed by atoms with Crippen molar-refractivity contribution in [3.05, 3.63) is 35.4 Å². The van der Waals surface area contributed by atoms with E-state index in [0.717, 1.165) is 18.4 Å². The van der Waals surface area contributed by atoms with E-state index >= 15 is 0 Å². The third-order valence-electron chi connectivity index (χ3n) is 1.84. The molecule has 0 unspecified atom stereocenters. The van der Waals surface area contributed by atoms with Crippen LogP contribution in [0.4, 0.5) is 0 Å². The van der Waals surface area contributed by atoms with E-state index in [1.165, 1.54) is 0 Å².